The molecule has 0 radical (unpaired) electrons. The first-order valence-electron chi connectivity index (χ1n) is 4.22. The molecule has 1 aromatic carbocycles. The largest absolute Gasteiger partial charge is 0.483 e. The van der Waals surface area contributed by atoms with Crippen molar-refractivity contribution < 1.29 is 9.53 Å². The Hall–Kier alpha value is -1.16. The van der Waals surface area contributed by atoms with Crippen LogP contribution in [0.3, 0.4) is 0 Å². The zero-order chi connectivity index (χ0) is 10.4. The van der Waals surface area contributed by atoms with Gasteiger partial charge in [-0.1, -0.05) is 0 Å². The van der Waals surface area contributed by atoms with Gasteiger partial charge in [-0.05, 0) is 30.5 Å². The van der Waals surface area contributed by atoms with Gasteiger partial charge in [-0.25, -0.2) is 0 Å². The highest BCUT2D eigenvalue weighted by molar-refractivity contribution is 7.98. The van der Waals surface area contributed by atoms with E-state index in [-0.39, 0.29) is 5.91 Å². The first-order chi connectivity index (χ1) is 6.77. The molecule has 0 aliphatic rings. The number of carbonyl (C=O) groups is 1. The number of amides is 1. The molecular weight excluding hydrogens is 198 g/mol. The summed E-state index contributed by atoms with van der Waals surface area (Å²) in [5, 5.41) is 2.56. The van der Waals surface area contributed by atoms with E-state index in [0.29, 0.717) is 11.5 Å². The molecule has 1 rings (SSSR count). The molecule has 1 amide bonds. The second-order valence-electron chi connectivity index (χ2n) is 2.65. The summed E-state index contributed by atoms with van der Waals surface area (Å²) in [6, 6.07) is 7.07. The Morgan fingerprint density at radius 2 is 2.07 bits per heavy atom. The average Bonchev–Trinajstić information content (AvgIpc) is 2.26. The predicted octanol–water partition coefficient (Wildman–Crippen LogP) is 1.75. The van der Waals surface area contributed by atoms with E-state index >= 15 is 0 Å². The maximum absolute atomic E-state index is 11.2. The van der Waals surface area contributed by atoms with Gasteiger partial charge in [0.15, 0.2) is 0 Å². The third-order valence-electron chi connectivity index (χ3n) is 1.69. The molecule has 0 unspecified atom stereocenters. The van der Waals surface area contributed by atoms with Gasteiger partial charge in [0.2, 0.25) is 0 Å². The van der Waals surface area contributed by atoms with Crippen LogP contribution in [0.15, 0.2) is 24.3 Å². The lowest BCUT2D eigenvalue weighted by Gasteiger charge is -2.04. The molecule has 0 heterocycles. The van der Waals surface area contributed by atoms with Crippen molar-refractivity contribution in [2.24, 2.45) is 0 Å². The maximum Gasteiger partial charge on any atom is 0.251 e. The van der Waals surface area contributed by atoms with Crippen molar-refractivity contribution in [3.05, 3.63) is 29.8 Å². The standard InChI is InChI=1S/C10H13NO2S/c1-11-10(12)8-3-5-9(6-4-8)13-7-14-2/h3-6H,7H2,1-2H3,(H,11,12). The Morgan fingerprint density at radius 1 is 1.43 bits per heavy atom. The molecule has 0 aromatic heterocycles. The third kappa shape index (κ3) is 2.96. The van der Waals surface area contributed by atoms with Crippen LogP contribution < -0.4 is 10.1 Å². The van der Waals surface area contributed by atoms with Crippen LogP contribution in [0.5, 0.6) is 5.75 Å². The number of hydrogen-bond acceptors (Lipinski definition) is 3. The van der Waals surface area contributed by atoms with Crippen molar-refractivity contribution in [3.8, 4) is 5.75 Å². The SMILES string of the molecule is CNC(=O)c1ccc(OCSC)cc1. The molecule has 76 valence electrons. The molecule has 0 bridgehead atoms. The summed E-state index contributed by atoms with van der Waals surface area (Å²) in [4.78, 5) is 11.2. The zero-order valence-corrected chi connectivity index (χ0v) is 9.06. The van der Waals surface area contributed by atoms with Gasteiger partial charge in [-0.2, -0.15) is 0 Å². The van der Waals surface area contributed by atoms with Crippen LogP contribution in [0.25, 0.3) is 0 Å². The second kappa shape index (κ2) is 5.54. The Kier molecular flexibility index (Phi) is 4.32. The topological polar surface area (TPSA) is 38.3 Å². The lowest BCUT2D eigenvalue weighted by Crippen LogP contribution is -2.17. The van der Waals surface area contributed by atoms with E-state index in [2.05, 4.69) is 5.32 Å². The molecule has 4 heteroatoms. The van der Waals surface area contributed by atoms with Gasteiger partial charge in [-0.3, -0.25) is 4.79 Å². The Labute approximate surface area is 87.8 Å². The highest BCUT2D eigenvalue weighted by atomic mass is 32.2. The summed E-state index contributed by atoms with van der Waals surface area (Å²) in [6.45, 7) is 0. The number of thioether (sulfide) groups is 1. The Balaban J connectivity index is 2.63. The van der Waals surface area contributed by atoms with Crippen LogP contribution in [0.1, 0.15) is 10.4 Å². The highest BCUT2D eigenvalue weighted by Crippen LogP contribution is 2.13. The van der Waals surface area contributed by atoms with Gasteiger partial charge in [0.05, 0.1) is 0 Å². The van der Waals surface area contributed by atoms with Gasteiger partial charge in [-0.15, -0.1) is 11.8 Å². The number of ether oxygens (including phenoxy) is 1. The van der Waals surface area contributed by atoms with Gasteiger partial charge >= 0.3 is 0 Å². The fraction of sp³-hybridized carbons (Fsp3) is 0.300. The zero-order valence-electron chi connectivity index (χ0n) is 8.24. The van der Waals surface area contributed by atoms with Crippen molar-refractivity contribution in [2.75, 3.05) is 19.2 Å². The molecule has 3 nitrogen and oxygen atoms in total. The van der Waals surface area contributed by atoms with Gasteiger partial charge in [0, 0.05) is 12.6 Å². The average molecular weight is 211 g/mol. The van der Waals surface area contributed by atoms with E-state index in [0.717, 1.165) is 5.75 Å². The second-order valence-corrected chi connectivity index (χ2v) is 3.47. The van der Waals surface area contributed by atoms with Crippen molar-refractivity contribution in [1.29, 1.82) is 0 Å². The van der Waals surface area contributed by atoms with Crippen LogP contribution in [-0.2, 0) is 0 Å². The molecule has 0 aliphatic heterocycles. The Morgan fingerprint density at radius 3 is 2.57 bits per heavy atom. The van der Waals surface area contributed by atoms with Gasteiger partial charge in [0.1, 0.15) is 11.7 Å². The third-order valence-corrected chi connectivity index (χ3v) is 2.04. The van der Waals surface area contributed by atoms with Gasteiger partial charge < -0.3 is 10.1 Å². The van der Waals surface area contributed by atoms with Crippen molar-refractivity contribution >= 4 is 17.7 Å². The van der Waals surface area contributed by atoms with E-state index in [4.69, 9.17) is 4.74 Å². The van der Waals surface area contributed by atoms with Crippen LogP contribution in [0.2, 0.25) is 0 Å². The van der Waals surface area contributed by atoms with E-state index in [9.17, 15) is 4.79 Å². The number of hydrogen-bond donors (Lipinski definition) is 1. The molecule has 0 saturated heterocycles. The van der Waals surface area contributed by atoms with Crippen molar-refractivity contribution in [1.82, 2.24) is 5.32 Å². The Bertz CT molecular complexity index is 297. The number of carbonyl (C=O) groups excluding carboxylic acids is 1. The summed E-state index contributed by atoms with van der Waals surface area (Å²) >= 11 is 1.61. The lowest BCUT2D eigenvalue weighted by molar-refractivity contribution is 0.0963. The molecule has 1 N–H and O–H groups in total. The van der Waals surface area contributed by atoms with E-state index in [1.807, 2.05) is 6.26 Å². The smallest absolute Gasteiger partial charge is 0.251 e. The van der Waals surface area contributed by atoms with Gasteiger partial charge in [0.25, 0.3) is 5.91 Å². The fourth-order valence-corrected chi connectivity index (χ4v) is 1.23. The molecule has 1 aromatic rings. The molecule has 14 heavy (non-hydrogen) atoms. The monoisotopic (exact) mass is 211 g/mol. The minimum Gasteiger partial charge on any atom is -0.483 e. The number of benzene rings is 1. The molecular formula is C10H13NO2S. The quantitative estimate of drug-likeness (QED) is 0.771. The van der Waals surface area contributed by atoms with Crippen molar-refractivity contribution in [3.63, 3.8) is 0 Å². The normalized spacial score (nSPS) is 9.57. The molecule has 0 saturated carbocycles. The molecule has 0 aliphatic carbocycles. The van der Waals surface area contributed by atoms with Crippen LogP contribution in [0, 0.1) is 0 Å². The highest BCUT2D eigenvalue weighted by Gasteiger charge is 2.01. The van der Waals surface area contributed by atoms with E-state index < -0.39 is 0 Å². The summed E-state index contributed by atoms with van der Waals surface area (Å²) in [5.41, 5.74) is 0.643. The molecule has 0 spiro atoms. The van der Waals surface area contributed by atoms with Crippen LogP contribution in [-0.4, -0.2) is 25.1 Å². The van der Waals surface area contributed by atoms with E-state index in [1.165, 1.54) is 0 Å². The minimum absolute atomic E-state index is 0.0820. The lowest BCUT2D eigenvalue weighted by atomic mass is 10.2. The fourth-order valence-electron chi connectivity index (χ4n) is 0.974. The first-order valence-corrected chi connectivity index (χ1v) is 5.61. The van der Waals surface area contributed by atoms with Crippen LogP contribution >= 0.6 is 11.8 Å². The predicted molar refractivity (Wildman–Crippen MR) is 58.8 cm³/mol. The van der Waals surface area contributed by atoms with Crippen LogP contribution in [0.4, 0.5) is 0 Å². The summed E-state index contributed by atoms with van der Waals surface area (Å²) in [5.74, 6) is 1.33. The number of nitrogens with one attached hydrogen (secondary N) is 1. The summed E-state index contributed by atoms with van der Waals surface area (Å²) in [6.07, 6.45) is 1.97. The maximum atomic E-state index is 11.2. The van der Waals surface area contributed by atoms with E-state index in [1.54, 1.807) is 43.1 Å². The summed E-state index contributed by atoms with van der Waals surface area (Å²) in [7, 11) is 1.61. The number of rotatable bonds is 4. The van der Waals surface area contributed by atoms with Crippen molar-refractivity contribution in [2.45, 2.75) is 0 Å². The minimum atomic E-state index is -0.0820. The molecule has 0 fully saturated rings. The molecule has 0 atom stereocenters. The summed E-state index contributed by atoms with van der Waals surface area (Å²) < 4.78 is 5.35. The first kappa shape index (κ1) is 10.9.